The van der Waals surface area contributed by atoms with Crippen LogP contribution in [0.4, 0.5) is 0 Å². The lowest BCUT2D eigenvalue weighted by atomic mass is 9.79. The summed E-state index contributed by atoms with van der Waals surface area (Å²) in [6.45, 7) is 6.28. The van der Waals surface area contributed by atoms with Gasteiger partial charge in [-0.2, -0.15) is 0 Å². The van der Waals surface area contributed by atoms with E-state index in [2.05, 4.69) is 0 Å². The van der Waals surface area contributed by atoms with Crippen molar-refractivity contribution < 1.29 is 14.4 Å². The molecule has 1 aliphatic rings. The first-order chi connectivity index (χ1) is 9.20. The van der Waals surface area contributed by atoms with E-state index in [0.29, 0.717) is 12.4 Å². The SMILES string of the molecule is C/C(=C\C=C/N)Oc1ccc2c(c1)B(O)OC2.CC. The lowest BCUT2D eigenvalue weighted by Gasteiger charge is -2.07. The summed E-state index contributed by atoms with van der Waals surface area (Å²) in [5.74, 6) is 1.40. The van der Waals surface area contributed by atoms with Gasteiger partial charge in [0.15, 0.2) is 0 Å². The number of rotatable bonds is 3. The fraction of sp³-hybridized carbons (Fsp3) is 0.286. The first kappa shape index (κ1) is 15.3. The van der Waals surface area contributed by atoms with Crippen LogP contribution >= 0.6 is 0 Å². The molecule has 0 radical (unpaired) electrons. The van der Waals surface area contributed by atoms with E-state index in [1.165, 1.54) is 6.20 Å². The molecule has 1 heterocycles. The summed E-state index contributed by atoms with van der Waals surface area (Å²) in [6.07, 6.45) is 4.90. The molecule has 0 aliphatic carbocycles. The highest BCUT2D eigenvalue weighted by molar-refractivity contribution is 6.61. The highest BCUT2D eigenvalue weighted by atomic mass is 16.5. The Morgan fingerprint density at radius 3 is 2.89 bits per heavy atom. The molecule has 1 aromatic rings. The van der Waals surface area contributed by atoms with Crippen LogP contribution in [-0.2, 0) is 11.3 Å². The molecule has 0 saturated heterocycles. The predicted octanol–water partition coefficient (Wildman–Crippen LogP) is 1.69. The van der Waals surface area contributed by atoms with Crippen molar-refractivity contribution in [2.75, 3.05) is 0 Å². The quantitative estimate of drug-likeness (QED) is 0.493. The van der Waals surface area contributed by atoms with E-state index in [0.717, 1.165) is 16.8 Å². The lowest BCUT2D eigenvalue weighted by Crippen LogP contribution is -2.27. The third kappa shape index (κ3) is 4.15. The first-order valence-corrected chi connectivity index (χ1v) is 6.36. The summed E-state index contributed by atoms with van der Waals surface area (Å²) >= 11 is 0. The van der Waals surface area contributed by atoms with Crippen molar-refractivity contribution in [3.8, 4) is 5.75 Å². The minimum Gasteiger partial charge on any atom is -0.462 e. The van der Waals surface area contributed by atoms with Crippen LogP contribution < -0.4 is 15.9 Å². The van der Waals surface area contributed by atoms with Crippen LogP contribution in [0.3, 0.4) is 0 Å². The van der Waals surface area contributed by atoms with Crippen LogP contribution in [0.2, 0.25) is 0 Å². The van der Waals surface area contributed by atoms with Crippen molar-refractivity contribution >= 4 is 12.6 Å². The van der Waals surface area contributed by atoms with Gasteiger partial charge in [0, 0.05) is 0 Å². The standard InChI is InChI=1S/C12H14BNO3.C2H6/c1-9(3-2-6-14)17-11-5-4-10-8-16-13(15)12(10)7-11;1-2/h2-7,15H,8,14H2,1H3;1-2H3/b6-2-,9-3+;. The first-order valence-electron chi connectivity index (χ1n) is 6.36. The van der Waals surface area contributed by atoms with E-state index >= 15 is 0 Å². The van der Waals surface area contributed by atoms with Gasteiger partial charge >= 0.3 is 7.12 Å². The van der Waals surface area contributed by atoms with E-state index in [1.54, 1.807) is 18.2 Å². The van der Waals surface area contributed by atoms with Crippen LogP contribution in [0.1, 0.15) is 26.3 Å². The second kappa shape index (κ2) is 7.66. The molecule has 3 N–H and O–H groups in total. The molecule has 0 fully saturated rings. The zero-order valence-corrected chi connectivity index (χ0v) is 11.6. The van der Waals surface area contributed by atoms with E-state index in [4.69, 9.17) is 15.1 Å². The van der Waals surface area contributed by atoms with Crippen molar-refractivity contribution in [3.05, 3.63) is 47.9 Å². The summed E-state index contributed by atoms with van der Waals surface area (Å²) in [4.78, 5) is 0. The average Bonchev–Trinajstić information content (AvgIpc) is 2.80. The lowest BCUT2D eigenvalue weighted by molar-refractivity contribution is 0.275. The zero-order chi connectivity index (χ0) is 14.3. The second-order valence-corrected chi connectivity index (χ2v) is 3.79. The molecule has 1 aliphatic heterocycles. The third-order valence-electron chi connectivity index (χ3n) is 2.50. The van der Waals surface area contributed by atoms with Crippen molar-refractivity contribution in [2.24, 2.45) is 5.73 Å². The van der Waals surface area contributed by atoms with Gasteiger partial charge in [0.1, 0.15) is 11.5 Å². The van der Waals surface area contributed by atoms with E-state index in [9.17, 15) is 5.02 Å². The van der Waals surface area contributed by atoms with Gasteiger partial charge in [-0.3, -0.25) is 0 Å². The number of ether oxygens (including phenoxy) is 1. The Morgan fingerprint density at radius 2 is 2.21 bits per heavy atom. The molecule has 0 atom stereocenters. The molecule has 2 rings (SSSR count). The Bertz CT molecular complexity index is 472. The van der Waals surface area contributed by atoms with Crippen molar-refractivity contribution in [1.29, 1.82) is 0 Å². The van der Waals surface area contributed by atoms with Gasteiger partial charge < -0.3 is 20.1 Å². The Balaban J connectivity index is 0.000000861. The smallest absolute Gasteiger partial charge is 0.462 e. The van der Waals surface area contributed by atoms with E-state index in [1.807, 2.05) is 32.9 Å². The van der Waals surface area contributed by atoms with Crippen LogP contribution in [-0.4, -0.2) is 12.1 Å². The Labute approximate surface area is 114 Å². The summed E-state index contributed by atoms with van der Waals surface area (Å²) in [5.41, 5.74) is 6.99. The maximum Gasteiger partial charge on any atom is 0.491 e. The van der Waals surface area contributed by atoms with Gasteiger partial charge in [0.05, 0.1) is 6.61 Å². The normalized spacial score (nSPS) is 14.1. The average molecular weight is 261 g/mol. The topological polar surface area (TPSA) is 64.7 Å². The summed E-state index contributed by atoms with van der Waals surface area (Å²) in [6, 6.07) is 5.53. The number of allylic oxidation sites excluding steroid dienone is 3. The Kier molecular flexibility index (Phi) is 6.19. The highest BCUT2D eigenvalue weighted by Gasteiger charge is 2.27. The molecule has 0 amide bonds. The van der Waals surface area contributed by atoms with Gasteiger partial charge in [-0.1, -0.05) is 19.9 Å². The summed E-state index contributed by atoms with van der Waals surface area (Å²) in [5, 5.41) is 9.56. The van der Waals surface area contributed by atoms with Crippen molar-refractivity contribution in [1.82, 2.24) is 0 Å². The summed E-state index contributed by atoms with van der Waals surface area (Å²) < 4.78 is 10.7. The molecular formula is C14H20BNO3. The van der Waals surface area contributed by atoms with Crippen LogP contribution in [0, 0.1) is 0 Å². The number of hydrogen-bond acceptors (Lipinski definition) is 4. The molecule has 0 spiro atoms. The van der Waals surface area contributed by atoms with Gasteiger partial charge in [-0.05, 0) is 48.4 Å². The van der Waals surface area contributed by atoms with E-state index in [-0.39, 0.29) is 0 Å². The Morgan fingerprint density at radius 1 is 1.47 bits per heavy atom. The number of hydrogen-bond donors (Lipinski definition) is 2. The second-order valence-electron chi connectivity index (χ2n) is 3.79. The highest BCUT2D eigenvalue weighted by Crippen LogP contribution is 2.18. The molecule has 102 valence electrons. The van der Waals surface area contributed by atoms with Crippen LogP contribution in [0.15, 0.2) is 42.3 Å². The zero-order valence-electron chi connectivity index (χ0n) is 11.6. The summed E-state index contributed by atoms with van der Waals surface area (Å²) in [7, 11) is -0.846. The molecule has 1 aromatic carbocycles. The monoisotopic (exact) mass is 261 g/mol. The molecule has 0 aromatic heterocycles. The van der Waals surface area contributed by atoms with Crippen LogP contribution in [0.5, 0.6) is 5.75 Å². The number of fused-ring (bicyclic) bond motifs is 1. The maximum absolute atomic E-state index is 9.56. The minimum absolute atomic E-state index is 0.446. The van der Waals surface area contributed by atoms with Crippen molar-refractivity contribution in [2.45, 2.75) is 27.4 Å². The molecule has 5 heteroatoms. The third-order valence-corrected chi connectivity index (χ3v) is 2.50. The predicted molar refractivity (Wildman–Crippen MR) is 77.9 cm³/mol. The van der Waals surface area contributed by atoms with Crippen LogP contribution in [0.25, 0.3) is 0 Å². The molecule has 19 heavy (non-hydrogen) atoms. The van der Waals surface area contributed by atoms with Gasteiger partial charge in [-0.25, -0.2) is 0 Å². The van der Waals surface area contributed by atoms with Crippen molar-refractivity contribution in [3.63, 3.8) is 0 Å². The Hall–Kier alpha value is -1.72. The molecular weight excluding hydrogens is 241 g/mol. The fourth-order valence-corrected chi connectivity index (χ4v) is 1.67. The molecule has 0 unspecified atom stereocenters. The van der Waals surface area contributed by atoms with Gasteiger partial charge in [-0.15, -0.1) is 0 Å². The largest absolute Gasteiger partial charge is 0.491 e. The number of benzene rings is 1. The molecule has 0 saturated carbocycles. The number of nitrogens with two attached hydrogens (primary N) is 1. The molecule has 4 nitrogen and oxygen atoms in total. The maximum atomic E-state index is 9.56. The van der Waals surface area contributed by atoms with E-state index < -0.39 is 7.12 Å². The molecule has 0 bridgehead atoms. The van der Waals surface area contributed by atoms with Gasteiger partial charge in [0.2, 0.25) is 0 Å². The fourth-order valence-electron chi connectivity index (χ4n) is 1.67. The van der Waals surface area contributed by atoms with Gasteiger partial charge in [0.25, 0.3) is 0 Å². The minimum atomic E-state index is -0.846.